The molecule has 33 heavy (non-hydrogen) atoms. The van der Waals surface area contributed by atoms with Crippen molar-refractivity contribution >= 4 is 27.6 Å². The molecular formula is C20H27ClN6O5S. The summed E-state index contributed by atoms with van der Waals surface area (Å²) in [6, 6.07) is 0. The van der Waals surface area contributed by atoms with Gasteiger partial charge in [0.2, 0.25) is 16.0 Å². The first-order chi connectivity index (χ1) is 15.9. The predicted octanol–water partition coefficient (Wildman–Crippen LogP) is 2.23. The van der Waals surface area contributed by atoms with Crippen molar-refractivity contribution in [1.82, 2.24) is 24.7 Å². The summed E-state index contributed by atoms with van der Waals surface area (Å²) in [6.45, 7) is 2.90. The van der Waals surface area contributed by atoms with Crippen molar-refractivity contribution in [2.75, 3.05) is 31.7 Å². The topological polar surface area (TPSA) is 130 Å². The minimum Gasteiger partial charge on any atom is -0.376 e. The van der Waals surface area contributed by atoms with Crippen molar-refractivity contribution in [2.24, 2.45) is 5.92 Å². The van der Waals surface area contributed by atoms with E-state index < -0.39 is 21.4 Å². The highest BCUT2D eigenvalue weighted by molar-refractivity contribution is 7.93. The third-order valence-electron chi connectivity index (χ3n) is 6.63. The second-order valence-electron chi connectivity index (χ2n) is 8.80. The average molecular weight is 499 g/mol. The van der Waals surface area contributed by atoms with Crippen LogP contribution in [0.3, 0.4) is 0 Å². The normalized spacial score (nSPS) is 24.3. The maximum Gasteiger partial charge on any atom is 0.240 e. The highest BCUT2D eigenvalue weighted by Gasteiger charge is 2.58. The van der Waals surface area contributed by atoms with Crippen molar-refractivity contribution in [1.29, 1.82) is 0 Å². The molecule has 0 amide bonds. The van der Waals surface area contributed by atoms with Crippen LogP contribution in [0, 0.1) is 5.92 Å². The van der Waals surface area contributed by atoms with Crippen LogP contribution in [0.1, 0.15) is 56.5 Å². The number of anilines is 1. The van der Waals surface area contributed by atoms with Crippen molar-refractivity contribution in [2.45, 2.75) is 55.6 Å². The largest absolute Gasteiger partial charge is 0.376 e. The molecule has 1 aliphatic heterocycles. The highest BCUT2D eigenvalue weighted by atomic mass is 35.5. The van der Waals surface area contributed by atoms with Gasteiger partial charge >= 0.3 is 0 Å². The molecular weight excluding hydrogens is 472 g/mol. The first kappa shape index (κ1) is 22.9. The van der Waals surface area contributed by atoms with Gasteiger partial charge in [0.25, 0.3) is 0 Å². The number of aromatic nitrogens is 5. The van der Waals surface area contributed by atoms with E-state index in [4.69, 9.17) is 25.8 Å². The Balaban J connectivity index is 1.45. The Morgan fingerprint density at radius 1 is 1.24 bits per heavy atom. The molecule has 3 atom stereocenters. The van der Waals surface area contributed by atoms with Gasteiger partial charge in [-0.2, -0.15) is 0 Å². The lowest BCUT2D eigenvalue weighted by Crippen LogP contribution is -2.35. The maximum absolute atomic E-state index is 13.4. The summed E-state index contributed by atoms with van der Waals surface area (Å²) in [6.07, 6.45) is 5.68. The molecule has 3 heterocycles. The van der Waals surface area contributed by atoms with E-state index in [1.54, 1.807) is 6.92 Å². The van der Waals surface area contributed by atoms with Crippen LogP contribution in [0.15, 0.2) is 12.4 Å². The summed E-state index contributed by atoms with van der Waals surface area (Å²) < 4.78 is 48.3. The quantitative estimate of drug-likeness (QED) is 0.552. The fourth-order valence-electron chi connectivity index (χ4n) is 4.57. The molecule has 0 aromatic carbocycles. The monoisotopic (exact) mass is 498 g/mol. The Bertz CT molecular complexity index is 1100. The Kier molecular flexibility index (Phi) is 6.06. The lowest BCUT2D eigenvalue weighted by molar-refractivity contribution is -0.0954. The van der Waals surface area contributed by atoms with Gasteiger partial charge in [-0.1, -0.05) is 11.6 Å². The average Bonchev–Trinajstić information content (AvgIpc) is 3.73. The molecule has 13 heteroatoms. The first-order valence-corrected chi connectivity index (χ1v) is 12.9. The third kappa shape index (κ3) is 4.34. The number of hydrogen-bond donors (Lipinski definition) is 1. The molecule has 2 unspecified atom stereocenters. The molecule has 1 saturated heterocycles. The van der Waals surface area contributed by atoms with Crippen LogP contribution >= 0.6 is 11.6 Å². The second kappa shape index (κ2) is 8.73. The van der Waals surface area contributed by atoms with Crippen LogP contribution < -0.4 is 4.72 Å². The predicted molar refractivity (Wildman–Crippen MR) is 118 cm³/mol. The zero-order chi connectivity index (χ0) is 23.2. The van der Waals surface area contributed by atoms with Crippen LogP contribution in [0.5, 0.6) is 0 Å². The lowest BCUT2D eigenvalue weighted by atomic mass is 10.1. The minimum atomic E-state index is -3.94. The number of halogens is 1. The highest BCUT2D eigenvalue weighted by Crippen LogP contribution is 2.60. The van der Waals surface area contributed by atoms with Crippen molar-refractivity contribution in [3.8, 4) is 0 Å². The van der Waals surface area contributed by atoms with Gasteiger partial charge in [0.1, 0.15) is 17.5 Å². The van der Waals surface area contributed by atoms with E-state index in [1.807, 2.05) is 4.57 Å². The van der Waals surface area contributed by atoms with E-state index in [-0.39, 0.29) is 23.4 Å². The van der Waals surface area contributed by atoms with Crippen LogP contribution in [0.4, 0.5) is 5.95 Å². The van der Waals surface area contributed by atoms with Crippen LogP contribution in [0.25, 0.3) is 0 Å². The van der Waals surface area contributed by atoms with E-state index in [0.717, 1.165) is 25.7 Å². The molecule has 0 bridgehead atoms. The number of hydrogen-bond acceptors (Lipinski definition) is 9. The number of methoxy groups -OCH3 is 1. The van der Waals surface area contributed by atoms with E-state index in [9.17, 15) is 8.42 Å². The third-order valence-corrected chi connectivity index (χ3v) is 8.52. The summed E-state index contributed by atoms with van der Waals surface area (Å²) in [7, 11) is -2.53. The molecule has 5 rings (SSSR count). The van der Waals surface area contributed by atoms with Gasteiger partial charge in [-0.15, -0.1) is 10.2 Å². The second-order valence-corrected chi connectivity index (χ2v) is 11.3. The van der Waals surface area contributed by atoms with Crippen molar-refractivity contribution in [3.05, 3.63) is 29.1 Å². The number of nitrogens with one attached hydrogen (secondary N) is 1. The molecule has 2 aromatic rings. The van der Waals surface area contributed by atoms with Crippen LogP contribution in [0.2, 0.25) is 5.02 Å². The number of sulfonamides is 1. The zero-order valence-corrected chi connectivity index (χ0v) is 20.0. The minimum absolute atomic E-state index is 0.166. The van der Waals surface area contributed by atoms with Crippen LogP contribution in [-0.4, -0.2) is 65.3 Å². The Hall–Kier alpha value is -1.86. The Morgan fingerprint density at radius 3 is 2.55 bits per heavy atom. The fraction of sp³-hybridized carbons (Fsp3) is 0.700. The van der Waals surface area contributed by atoms with E-state index in [0.29, 0.717) is 36.6 Å². The molecule has 3 aliphatic rings. The van der Waals surface area contributed by atoms with Gasteiger partial charge < -0.3 is 14.2 Å². The van der Waals surface area contributed by atoms with Gasteiger partial charge in [0, 0.05) is 19.5 Å². The standard InChI is InChI=1S/C20H27ClN6O5S/c1-12(16(30-2)17-22-9-14(21)10-23-17)33(28,29)26-19-25-24-18(15-11-31-7-8-32-15)27(19)20(5-6-20)13-3-4-13/h9-10,12-13,15-16H,3-8,11H2,1-2H3,(H,25,26)/t12?,15-,16?/m0/s1. The SMILES string of the molecule is COC(c1ncc(Cl)cn1)C(C)S(=O)(=O)Nc1nnc([C@@H]2COCCO2)n1C1(C2CC2)CC1. The molecule has 180 valence electrons. The fourth-order valence-corrected chi connectivity index (χ4v) is 5.80. The zero-order valence-electron chi connectivity index (χ0n) is 18.5. The molecule has 0 radical (unpaired) electrons. The lowest BCUT2D eigenvalue weighted by Gasteiger charge is -2.28. The Labute approximate surface area is 197 Å². The van der Waals surface area contributed by atoms with Gasteiger partial charge in [-0.25, -0.2) is 18.4 Å². The summed E-state index contributed by atoms with van der Waals surface area (Å²) in [5.41, 5.74) is -0.166. The molecule has 1 N–H and O–H groups in total. The van der Waals surface area contributed by atoms with Gasteiger partial charge in [-0.05, 0) is 38.5 Å². The molecule has 2 aromatic heterocycles. The summed E-state index contributed by atoms with van der Waals surface area (Å²) in [5.74, 6) is 1.52. The molecule has 2 saturated carbocycles. The van der Waals surface area contributed by atoms with Gasteiger partial charge in [0.15, 0.2) is 11.6 Å². The summed E-state index contributed by atoms with van der Waals surface area (Å²) in [4.78, 5) is 8.26. The smallest absolute Gasteiger partial charge is 0.240 e. The van der Waals surface area contributed by atoms with E-state index in [1.165, 1.54) is 19.5 Å². The van der Waals surface area contributed by atoms with Gasteiger partial charge in [-0.3, -0.25) is 9.29 Å². The van der Waals surface area contributed by atoms with Crippen LogP contribution in [-0.2, 0) is 29.8 Å². The van der Waals surface area contributed by atoms with Crippen molar-refractivity contribution in [3.63, 3.8) is 0 Å². The molecule has 2 aliphatic carbocycles. The van der Waals surface area contributed by atoms with Crippen molar-refractivity contribution < 1.29 is 22.6 Å². The summed E-state index contributed by atoms with van der Waals surface area (Å²) >= 11 is 5.87. The Morgan fingerprint density at radius 2 is 1.97 bits per heavy atom. The first-order valence-electron chi connectivity index (χ1n) is 11.0. The van der Waals surface area contributed by atoms with E-state index >= 15 is 0 Å². The summed E-state index contributed by atoms with van der Waals surface area (Å²) in [5, 5.41) is 7.93. The van der Waals surface area contributed by atoms with Gasteiger partial charge in [0.05, 0.1) is 30.4 Å². The molecule has 0 spiro atoms. The molecule has 11 nitrogen and oxygen atoms in total. The van der Waals surface area contributed by atoms with E-state index in [2.05, 4.69) is 24.9 Å². The number of ether oxygens (including phenoxy) is 3. The maximum atomic E-state index is 13.4. The number of nitrogens with zero attached hydrogens (tertiary/aromatic N) is 5. The molecule has 3 fully saturated rings. The number of rotatable bonds is 9.